The van der Waals surface area contributed by atoms with Crippen molar-refractivity contribution in [3.63, 3.8) is 0 Å². The Kier molecular flexibility index (Phi) is 5.24. The second-order valence-corrected chi connectivity index (χ2v) is 4.25. The van der Waals surface area contributed by atoms with Crippen LogP contribution in [0.1, 0.15) is 52.9 Å². The fourth-order valence-electron chi connectivity index (χ4n) is 2.15. The van der Waals surface area contributed by atoms with Gasteiger partial charge in [-0.1, -0.05) is 39.0 Å². The molecule has 0 aromatic carbocycles. The molecule has 88 valence electrons. The van der Waals surface area contributed by atoms with Crippen LogP contribution in [0.3, 0.4) is 0 Å². The first-order valence-electron chi connectivity index (χ1n) is 6.30. The lowest BCUT2D eigenvalue weighted by molar-refractivity contribution is 0.867. The fraction of sp³-hybridized carbons (Fsp3) is 0.533. The predicted molar refractivity (Wildman–Crippen MR) is 72.8 cm³/mol. The summed E-state index contributed by atoms with van der Waals surface area (Å²) in [5.74, 6) is 0. The van der Waals surface area contributed by atoms with Crippen LogP contribution in [-0.2, 0) is 0 Å². The van der Waals surface area contributed by atoms with Crippen molar-refractivity contribution in [3.8, 4) is 0 Å². The van der Waals surface area contributed by atoms with E-state index in [-0.39, 0.29) is 0 Å². The molecule has 0 saturated carbocycles. The Morgan fingerprint density at radius 1 is 1.44 bits per heavy atom. The van der Waals surface area contributed by atoms with Gasteiger partial charge in [0.25, 0.3) is 0 Å². The Morgan fingerprint density at radius 3 is 2.69 bits per heavy atom. The van der Waals surface area contributed by atoms with E-state index in [9.17, 15) is 0 Å². The van der Waals surface area contributed by atoms with E-state index in [0.29, 0.717) is 0 Å². The average Bonchev–Trinajstić information content (AvgIpc) is 2.68. The van der Waals surface area contributed by atoms with Crippen LogP contribution in [0.5, 0.6) is 0 Å². The van der Waals surface area contributed by atoms with Crippen molar-refractivity contribution in [2.45, 2.75) is 52.9 Å². The Balaban J connectivity index is 2.67. The van der Waals surface area contributed by atoms with Crippen molar-refractivity contribution in [2.24, 2.45) is 4.99 Å². The highest BCUT2D eigenvalue weighted by Gasteiger charge is 2.15. The van der Waals surface area contributed by atoms with Crippen molar-refractivity contribution in [2.75, 3.05) is 0 Å². The maximum absolute atomic E-state index is 4.75. The summed E-state index contributed by atoms with van der Waals surface area (Å²) in [6, 6.07) is 0. The molecule has 16 heavy (non-hydrogen) atoms. The summed E-state index contributed by atoms with van der Waals surface area (Å²) in [7, 11) is 0. The van der Waals surface area contributed by atoms with E-state index >= 15 is 0 Å². The second-order valence-electron chi connectivity index (χ2n) is 4.25. The molecule has 1 aliphatic rings. The molecule has 0 spiro atoms. The van der Waals surface area contributed by atoms with Gasteiger partial charge < -0.3 is 0 Å². The smallest absolute Gasteiger partial charge is 0.0396 e. The van der Waals surface area contributed by atoms with Gasteiger partial charge in [-0.3, -0.25) is 4.99 Å². The van der Waals surface area contributed by atoms with Gasteiger partial charge in [-0.15, -0.1) is 0 Å². The molecular weight excluding hydrogens is 194 g/mol. The predicted octanol–water partition coefficient (Wildman–Crippen LogP) is 4.82. The van der Waals surface area contributed by atoms with Crippen molar-refractivity contribution < 1.29 is 0 Å². The standard InChI is InChI=1S/C15H23N/c1-5-9-13-11-14(16-15(13)8-4)10-12(6-2)7-3/h6-7H,2,5,8-11H2,1,3-4H3/b12-7+. The van der Waals surface area contributed by atoms with Crippen LogP contribution in [-0.4, -0.2) is 5.71 Å². The van der Waals surface area contributed by atoms with Crippen LogP contribution >= 0.6 is 0 Å². The van der Waals surface area contributed by atoms with E-state index in [1.54, 1.807) is 5.57 Å². The van der Waals surface area contributed by atoms with Crippen LogP contribution in [0.15, 0.2) is 40.6 Å². The molecule has 0 amide bonds. The van der Waals surface area contributed by atoms with Crippen LogP contribution in [0.2, 0.25) is 0 Å². The van der Waals surface area contributed by atoms with Crippen molar-refractivity contribution in [1.29, 1.82) is 0 Å². The lowest BCUT2D eigenvalue weighted by Gasteiger charge is -2.03. The molecule has 1 heteroatoms. The minimum Gasteiger partial charge on any atom is -0.262 e. The first kappa shape index (κ1) is 13.0. The average molecular weight is 217 g/mol. The molecule has 0 N–H and O–H groups in total. The van der Waals surface area contributed by atoms with Gasteiger partial charge in [0.1, 0.15) is 0 Å². The van der Waals surface area contributed by atoms with Crippen LogP contribution in [0.25, 0.3) is 0 Å². The highest BCUT2D eigenvalue weighted by Crippen LogP contribution is 2.28. The highest BCUT2D eigenvalue weighted by atomic mass is 14.8. The van der Waals surface area contributed by atoms with E-state index in [1.165, 1.54) is 29.8 Å². The lowest BCUT2D eigenvalue weighted by atomic mass is 10.0. The molecule has 0 fully saturated rings. The summed E-state index contributed by atoms with van der Waals surface area (Å²) < 4.78 is 0. The molecule has 1 nitrogen and oxygen atoms in total. The molecule has 0 aliphatic carbocycles. The Hall–Kier alpha value is -1.11. The van der Waals surface area contributed by atoms with E-state index in [1.807, 2.05) is 6.08 Å². The molecule has 1 heterocycles. The number of aliphatic imine (C=N–C) groups is 1. The first-order valence-corrected chi connectivity index (χ1v) is 6.30. The summed E-state index contributed by atoms with van der Waals surface area (Å²) in [6.45, 7) is 10.3. The van der Waals surface area contributed by atoms with Gasteiger partial charge in [0.2, 0.25) is 0 Å². The highest BCUT2D eigenvalue weighted by molar-refractivity contribution is 5.92. The summed E-state index contributed by atoms with van der Waals surface area (Å²) in [5, 5.41) is 0. The Labute approximate surface area is 99.7 Å². The number of hydrogen-bond donors (Lipinski definition) is 0. The monoisotopic (exact) mass is 217 g/mol. The molecule has 0 unspecified atom stereocenters. The molecule has 1 aliphatic heterocycles. The third-order valence-electron chi connectivity index (χ3n) is 3.05. The van der Waals surface area contributed by atoms with Crippen LogP contribution < -0.4 is 0 Å². The molecule has 1 rings (SSSR count). The topological polar surface area (TPSA) is 12.4 Å². The van der Waals surface area contributed by atoms with Gasteiger partial charge in [-0.05, 0) is 30.9 Å². The zero-order valence-electron chi connectivity index (χ0n) is 10.8. The molecule has 0 aromatic heterocycles. The van der Waals surface area contributed by atoms with E-state index in [2.05, 4.69) is 33.4 Å². The largest absolute Gasteiger partial charge is 0.262 e. The van der Waals surface area contributed by atoms with Gasteiger partial charge in [0, 0.05) is 24.3 Å². The van der Waals surface area contributed by atoms with Crippen LogP contribution in [0, 0.1) is 0 Å². The number of hydrogen-bond acceptors (Lipinski definition) is 1. The normalized spacial score (nSPS) is 16.7. The van der Waals surface area contributed by atoms with E-state index in [4.69, 9.17) is 4.99 Å². The Bertz CT molecular complexity index is 342. The third kappa shape index (κ3) is 3.19. The van der Waals surface area contributed by atoms with Crippen molar-refractivity contribution in [3.05, 3.63) is 35.6 Å². The van der Waals surface area contributed by atoms with Gasteiger partial charge in [0.15, 0.2) is 0 Å². The van der Waals surface area contributed by atoms with Gasteiger partial charge in [0.05, 0.1) is 0 Å². The lowest BCUT2D eigenvalue weighted by Crippen LogP contribution is -1.96. The SMILES string of the molecule is C=C/C(=C\C)CC1=NC(CC)=C(CCC)C1. The van der Waals surface area contributed by atoms with E-state index < -0.39 is 0 Å². The van der Waals surface area contributed by atoms with Gasteiger partial charge in [-0.2, -0.15) is 0 Å². The maximum Gasteiger partial charge on any atom is 0.0396 e. The fourth-order valence-corrected chi connectivity index (χ4v) is 2.15. The second kappa shape index (κ2) is 6.47. The molecular formula is C15H23N. The molecule has 0 aromatic rings. The minimum absolute atomic E-state index is 0.969. The minimum atomic E-state index is 0.969. The number of rotatable bonds is 6. The van der Waals surface area contributed by atoms with Crippen molar-refractivity contribution >= 4 is 5.71 Å². The summed E-state index contributed by atoms with van der Waals surface area (Å²) >= 11 is 0. The molecule has 0 radical (unpaired) electrons. The number of allylic oxidation sites excluding steroid dienone is 5. The summed E-state index contributed by atoms with van der Waals surface area (Å²) in [5.41, 5.74) is 5.48. The number of nitrogens with zero attached hydrogens (tertiary/aromatic N) is 1. The summed E-state index contributed by atoms with van der Waals surface area (Å²) in [6.07, 6.45) is 9.61. The van der Waals surface area contributed by atoms with Crippen molar-refractivity contribution in [1.82, 2.24) is 0 Å². The Morgan fingerprint density at radius 2 is 2.19 bits per heavy atom. The molecule has 0 atom stereocenters. The molecule has 0 saturated heterocycles. The summed E-state index contributed by atoms with van der Waals surface area (Å²) in [4.78, 5) is 4.75. The van der Waals surface area contributed by atoms with E-state index in [0.717, 1.165) is 19.3 Å². The first-order chi connectivity index (χ1) is 7.74. The quantitative estimate of drug-likeness (QED) is 0.566. The van der Waals surface area contributed by atoms with Gasteiger partial charge in [-0.25, -0.2) is 0 Å². The molecule has 0 bridgehead atoms. The zero-order chi connectivity index (χ0) is 12.0. The third-order valence-corrected chi connectivity index (χ3v) is 3.05. The zero-order valence-corrected chi connectivity index (χ0v) is 10.8. The maximum atomic E-state index is 4.75. The van der Waals surface area contributed by atoms with Gasteiger partial charge >= 0.3 is 0 Å². The van der Waals surface area contributed by atoms with Crippen LogP contribution in [0.4, 0.5) is 0 Å².